The van der Waals surface area contributed by atoms with Gasteiger partial charge in [-0.15, -0.1) is 0 Å². The molecule has 0 aliphatic rings. The molecule has 1 amide bonds. The molecule has 0 fully saturated rings. The highest BCUT2D eigenvalue weighted by Gasteiger charge is 1.95. The minimum Gasteiger partial charge on any atom is -0.385 e. The van der Waals surface area contributed by atoms with Crippen LogP contribution in [0.2, 0.25) is 0 Å². The van der Waals surface area contributed by atoms with Gasteiger partial charge in [-0.3, -0.25) is 4.79 Å². The molecule has 0 unspecified atom stereocenters. The fourth-order valence-corrected chi connectivity index (χ4v) is 1.32. The Morgan fingerprint density at radius 3 is 2.56 bits per heavy atom. The van der Waals surface area contributed by atoms with Gasteiger partial charge < -0.3 is 11.1 Å². The molecule has 0 aliphatic heterocycles. The van der Waals surface area contributed by atoms with Gasteiger partial charge >= 0.3 is 0 Å². The van der Waals surface area contributed by atoms with Crippen LogP contribution >= 0.6 is 0 Å². The first-order valence-corrected chi connectivity index (χ1v) is 5.24. The van der Waals surface area contributed by atoms with Crippen LogP contribution < -0.4 is 11.1 Å². The third-order valence-corrected chi connectivity index (χ3v) is 2.19. The highest BCUT2D eigenvalue weighted by molar-refractivity contribution is 5.73. The Bertz CT molecular complexity index is 378. The molecule has 0 aromatic heterocycles. The van der Waals surface area contributed by atoms with Gasteiger partial charge in [-0.25, -0.2) is 0 Å². The molecule has 4 nitrogen and oxygen atoms in total. The van der Waals surface area contributed by atoms with Crippen LogP contribution in [0.15, 0.2) is 24.3 Å². The molecule has 1 rings (SSSR count). The fraction of sp³-hybridized carbons (Fsp3) is 0.333. The average Bonchev–Trinajstić information content (AvgIpc) is 2.29. The first-order valence-electron chi connectivity index (χ1n) is 5.24. The summed E-state index contributed by atoms with van der Waals surface area (Å²) < 4.78 is 0. The number of hydrogen-bond acceptors (Lipinski definition) is 3. The number of amides is 1. The summed E-state index contributed by atoms with van der Waals surface area (Å²) in [6, 6.07) is 9.34. The van der Waals surface area contributed by atoms with Gasteiger partial charge in [-0.1, -0.05) is 0 Å². The highest BCUT2D eigenvalue weighted by Crippen LogP contribution is 2.08. The Kier molecular flexibility index (Phi) is 4.87. The molecule has 16 heavy (non-hydrogen) atoms. The summed E-state index contributed by atoms with van der Waals surface area (Å²) in [5, 5.41) is 11.8. The molecule has 0 spiro atoms. The number of benzene rings is 1. The third kappa shape index (κ3) is 4.47. The molecule has 1 aromatic rings. The molecule has 1 aromatic carbocycles. The van der Waals surface area contributed by atoms with E-state index in [2.05, 4.69) is 11.4 Å². The van der Waals surface area contributed by atoms with Crippen molar-refractivity contribution in [3.8, 4) is 6.07 Å². The number of rotatable bonds is 6. The zero-order valence-electron chi connectivity index (χ0n) is 9.07. The first kappa shape index (κ1) is 12.1. The number of nitrogens with one attached hydrogen (secondary N) is 1. The summed E-state index contributed by atoms with van der Waals surface area (Å²) in [6.45, 7) is 0.805. The number of hydrogen-bond donors (Lipinski definition) is 2. The number of unbranched alkanes of at least 4 members (excludes halogenated alkanes) is 1. The van der Waals surface area contributed by atoms with Crippen molar-refractivity contribution in [2.24, 2.45) is 5.73 Å². The molecule has 0 saturated heterocycles. The van der Waals surface area contributed by atoms with Crippen LogP contribution in [0.1, 0.15) is 24.8 Å². The SMILES string of the molecule is N#Cc1ccc(NCCCCC(N)=O)cc1. The van der Waals surface area contributed by atoms with E-state index in [0.717, 1.165) is 25.1 Å². The summed E-state index contributed by atoms with van der Waals surface area (Å²) in [6.07, 6.45) is 2.15. The van der Waals surface area contributed by atoms with Crippen LogP contribution in [-0.2, 0) is 4.79 Å². The van der Waals surface area contributed by atoms with Crippen LogP contribution in [0.5, 0.6) is 0 Å². The van der Waals surface area contributed by atoms with E-state index in [9.17, 15) is 4.79 Å². The lowest BCUT2D eigenvalue weighted by Gasteiger charge is -2.05. The standard InChI is InChI=1S/C12H15N3O/c13-9-10-4-6-11(7-5-10)15-8-2-1-3-12(14)16/h4-7,15H,1-3,8H2,(H2,14,16). The van der Waals surface area contributed by atoms with E-state index in [1.807, 2.05) is 12.1 Å². The molecular formula is C12H15N3O. The molecule has 0 bridgehead atoms. The van der Waals surface area contributed by atoms with Crippen molar-refractivity contribution in [2.75, 3.05) is 11.9 Å². The molecule has 0 saturated carbocycles. The van der Waals surface area contributed by atoms with Crippen molar-refractivity contribution < 1.29 is 4.79 Å². The second-order valence-corrected chi connectivity index (χ2v) is 3.54. The van der Waals surface area contributed by atoms with Gasteiger partial charge in [0.15, 0.2) is 0 Å². The Balaban J connectivity index is 2.22. The average molecular weight is 217 g/mol. The first-order chi connectivity index (χ1) is 7.72. The van der Waals surface area contributed by atoms with Gasteiger partial charge in [0.25, 0.3) is 0 Å². The number of nitriles is 1. The summed E-state index contributed by atoms with van der Waals surface area (Å²) in [5.41, 5.74) is 6.66. The molecule has 4 heteroatoms. The van der Waals surface area contributed by atoms with Gasteiger partial charge in [-0.2, -0.15) is 5.26 Å². The summed E-state index contributed by atoms with van der Waals surface area (Å²) in [7, 11) is 0. The minimum absolute atomic E-state index is 0.252. The lowest BCUT2D eigenvalue weighted by molar-refractivity contribution is -0.118. The third-order valence-electron chi connectivity index (χ3n) is 2.19. The molecule has 0 heterocycles. The Hall–Kier alpha value is -2.02. The molecule has 84 valence electrons. The van der Waals surface area contributed by atoms with Gasteiger partial charge in [0, 0.05) is 18.7 Å². The number of carbonyl (C=O) groups excluding carboxylic acids is 1. The Labute approximate surface area is 95.1 Å². The van der Waals surface area contributed by atoms with Crippen LogP contribution in [0.25, 0.3) is 0 Å². The molecule has 0 radical (unpaired) electrons. The number of nitrogens with two attached hydrogens (primary N) is 1. The lowest BCUT2D eigenvalue weighted by Crippen LogP contribution is -2.10. The highest BCUT2D eigenvalue weighted by atomic mass is 16.1. The maximum Gasteiger partial charge on any atom is 0.217 e. The van der Waals surface area contributed by atoms with Crippen molar-refractivity contribution in [1.82, 2.24) is 0 Å². The maximum atomic E-state index is 10.5. The van der Waals surface area contributed by atoms with Crippen molar-refractivity contribution in [3.63, 3.8) is 0 Å². The number of nitrogens with zero attached hydrogens (tertiary/aromatic N) is 1. The second-order valence-electron chi connectivity index (χ2n) is 3.54. The summed E-state index contributed by atoms with van der Waals surface area (Å²) in [5.74, 6) is -0.252. The van der Waals surface area contributed by atoms with Crippen LogP contribution in [0.3, 0.4) is 0 Å². The lowest BCUT2D eigenvalue weighted by atomic mass is 10.2. The molecule has 3 N–H and O–H groups in total. The molecule has 0 aliphatic carbocycles. The topological polar surface area (TPSA) is 78.9 Å². The van der Waals surface area contributed by atoms with E-state index in [0.29, 0.717) is 12.0 Å². The van der Waals surface area contributed by atoms with E-state index < -0.39 is 0 Å². The van der Waals surface area contributed by atoms with Gasteiger partial charge in [0.2, 0.25) is 5.91 Å². The largest absolute Gasteiger partial charge is 0.385 e. The second kappa shape index (κ2) is 6.46. The number of primary amides is 1. The smallest absolute Gasteiger partial charge is 0.217 e. The number of carbonyl (C=O) groups is 1. The predicted molar refractivity (Wildman–Crippen MR) is 62.7 cm³/mol. The quantitative estimate of drug-likeness (QED) is 0.711. The van der Waals surface area contributed by atoms with Crippen LogP contribution in [-0.4, -0.2) is 12.5 Å². The van der Waals surface area contributed by atoms with Gasteiger partial charge in [-0.05, 0) is 37.1 Å². The van der Waals surface area contributed by atoms with E-state index in [4.69, 9.17) is 11.0 Å². The molecular weight excluding hydrogens is 202 g/mol. The van der Waals surface area contributed by atoms with Crippen molar-refractivity contribution in [2.45, 2.75) is 19.3 Å². The van der Waals surface area contributed by atoms with E-state index in [1.54, 1.807) is 12.1 Å². The normalized spacial score (nSPS) is 9.44. The van der Waals surface area contributed by atoms with E-state index in [-0.39, 0.29) is 5.91 Å². The van der Waals surface area contributed by atoms with Crippen LogP contribution in [0.4, 0.5) is 5.69 Å². The summed E-state index contributed by atoms with van der Waals surface area (Å²) in [4.78, 5) is 10.5. The van der Waals surface area contributed by atoms with Crippen molar-refractivity contribution >= 4 is 11.6 Å². The predicted octanol–water partition coefficient (Wildman–Crippen LogP) is 1.63. The zero-order valence-corrected chi connectivity index (χ0v) is 9.07. The Morgan fingerprint density at radius 1 is 1.31 bits per heavy atom. The van der Waals surface area contributed by atoms with Crippen molar-refractivity contribution in [1.29, 1.82) is 5.26 Å². The Morgan fingerprint density at radius 2 is 2.00 bits per heavy atom. The summed E-state index contributed by atoms with van der Waals surface area (Å²) >= 11 is 0. The van der Waals surface area contributed by atoms with Crippen LogP contribution in [0, 0.1) is 11.3 Å². The van der Waals surface area contributed by atoms with Gasteiger partial charge in [0.1, 0.15) is 0 Å². The van der Waals surface area contributed by atoms with E-state index >= 15 is 0 Å². The number of anilines is 1. The molecule has 0 atom stereocenters. The fourth-order valence-electron chi connectivity index (χ4n) is 1.32. The van der Waals surface area contributed by atoms with Crippen molar-refractivity contribution in [3.05, 3.63) is 29.8 Å². The minimum atomic E-state index is -0.252. The monoisotopic (exact) mass is 217 g/mol. The maximum absolute atomic E-state index is 10.5. The van der Waals surface area contributed by atoms with Gasteiger partial charge in [0.05, 0.1) is 11.6 Å². The van der Waals surface area contributed by atoms with E-state index in [1.165, 1.54) is 0 Å². The zero-order chi connectivity index (χ0) is 11.8.